The predicted octanol–water partition coefficient (Wildman–Crippen LogP) is 3.01. The fraction of sp³-hybridized carbons (Fsp3) is 0.556. The molecule has 1 heterocycles. The molecular formula is C18H25NO5S. The van der Waals surface area contributed by atoms with Gasteiger partial charge in [-0.15, -0.1) is 11.8 Å². The molecule has 1 amide bonds. The number of amides is 1. The normalized spacial score (nSPS) is 17.6. The minimum Gasteiger partial charge on any atom is -0.497 e. The summed E-state index contributed by atoms with van der Waals surface area (Å²) in [6, 6.07) is 5.51. The lowest BCUT2D eigenvalue weighted by Crippen LogP contribution is -2.32. The molecule has 1 aromatic rings. The second kappa shape index (κ2) is 7.99. The number of nitrogens with zero attached hydrogens (tertiary/aromatic N) is 1. The first-order valence-corrected chi connectivity index (χ1v) is 9.15. The Morgan fingerprint density at radius 1 is 1.28 bits per heavy atom. The van der Waals surface area contributed by atoms with Crippen molar-refractivity contribution in [2.75, 3.05) is 26.5 Å². The van der Waals surface area contributed by atoms with Crippen LogP contribution in [0.3, 0.4) is 0 Å². The highest BCUT2D eigenvalue weighted by Crippen LogP contribution is 2.43. The molecule has 0 aliphatic carbocycles. The van der Waals surface area contributed by atoms with Crippen LogP contribution in [0.25, 0.3) is 0 Å². The summed E-state index contributed by atoms with van der Waals surface area (Å²) in [5.41, 5.74) is 0.331. The van der Waals surface area contributed by atoms with Crippen LogP contribution in [-0.4, -0.2) is 48.9 Å². The summed E-state index contributed by atoms with van der Waals surface area (Å²) in [6.07, 6.45) is 0.159. The lowest BCUT2D eigenvalue weighted by Gasteiger charge is -2.26. The van der Waals surface area contributed by atoms with E-state index in [2.05, 4.69) is 0 Å². The topological polar surface area (TPSA) is 65.1 Å². The van der Waals surface area contributed by atoms with Gasteiger partial charge in [-0.3, -0.25) is 9.59 Å². The van der Waals surface area contributed by atoms with Gasteiger partial charge in [-0.1, -0.05) is 0 Å². The lowest BCUT2D eigenvalue weighted by atomic mass is 10.1. The van der Waals surface area contributed by atoms with Crippen LogP contribution in [-0.2, 0) is 14.3 Å². The van der Waals surface area contributed by atoms with Gasteiger partial charge >= 0.3 is 5.97 Å². The average molecular weight is 367 g/mol. The zero-order valence-corrected chi connectivity index (χ0v) is 16.1. The molecule has 0 saturated carbocycles. The van der Waals surface area contributed by atoms with Gasteiger partial charge in [0.2, 0.25) is 5.91 Å². The van der Waals surface area contributed by atoms with Crippen molar-refractivity contribution in [3.63, 3.8) is 0 Å². The van der Waals surface area contributed by atoms with Crippen LogP contribution >= 0.6 is 11.8 Å². The van der Waals surface area contributed by atoms with E-state index in [-0.39, 0.29) is 23.7 Å². The van der Waals surface area contributed by atoms with Crippen LogP contribution < -0.4 is 9.47 Å². The molecule has 1 atom stereocenters. The molecule has 1 aromatic carbocycles. The van der Waals surface area contributed by atoms with Gasteiger partial charge in [0.15, 0.2) is 0 Å². The summed E-state index contributed by atoms with van der Waals surface area (Å²) in [6.45, 7) is 5.79. The zero-order valence-electron chi connectivity index (χ0n) is 15.3. The van der Waals surface area contributed by atoms with Crippen molar-refractivity contribution in [2.45, 2.75) is 38.2 Å². The summed E-state index contributed by atoms with van der Waals surface area (Å²) in [7, 11) is 3.19. The third-order valence-electron chi connectivity index (χ3n) is 3.65. The Morgan fingerprint density at radius 2 is 2.00 bits per heavy atom. The average Bonchev–Trinajstić information content (AvgIpc) is 2.91. The number of esters is 1. The highest BCUT2D eigenvalue weighted by atomic mass is 32.2. The van der Waals surface area contributed by atoms with E-state index in [9.17, 15) is 9.59 Å². The maximum absolute atomic E-state index is 12.3. The molecule has 0 N–H and O–H groups in total. The van der Waals surface area contributed by atoms with Crippen LogP contribution in [0.4, 0.5) is 0 Å². The SMILES string of the molecule is COc1ccc(OC)c(C2SCC(=O)N2CCC(=O)OC(C)(C)C)c1. The number of rotatable bonds is 6. The quantitative estimate of drug-likeness (QED) is 0.720. The standard InChI is InChI=1S/C18H25NO5S/c1-18(2,3)24-16(21)8-9-19-15(20)11-25-17(19)13-10-12(22-4)6-7-14(13)23-5/h6-7,10,17H,8-9,11H2,1-5H3. The summed E-state index contributed by atoms with van der Waals surface area (Å²) in [5, 5.41) is -0.208. The maximum atomic E-state index is 12.3. The van der Waals surface area contributed by atoms with Crippen LogP contribution in [0.2, 0.25) is 0 Å². The molecule has 1 unspecified atom stereocenters. The van der Waals surface area contributed by atoms with E-state index in [0.29, 0.717) is 23.8 Å². The van der Waals surface area contributed by atoms with Crippen molar-refractivity contribution in [1.29, 1.82) is 0 Å². The first-order valence-electron chi connectivity index (χ1n) is 8.10. The van der Waals surface area contributed by atoms with Crippen molar-refractivity contribution in [2.24, 2.45) is 0 Å². The van der Waals surface area contributed by atoms with Crippen LogP contribution in [0, 0.1) is 0 Å². The molecule has 0 bridgehead atoms. The monoisotopic (exact) mass is 367 g/mol. The molecule has 2 rings (SSSR count). The molecule has 0 aromatic heterocycles. The Balaban J connectivity index is 2.15. The van der Waals surface area contributed by atoms with E-state index in [0.717, 1.165) is 5.56 Å². The van der Waals surface area contributed by atoms with Crippen molar-refractivity contribution >= 4 is 23.6 Å². The Bertz CT molecular complexity index is 641. The van der Waals surface area contributed by atoms with Gasteiger partial charge in [0.1, 0.15) is 22.5 Å². The van der Waals surface area contributed by atoms with E-state index < -0.39 is 5.60 Å². The molecule has 25 heavy (non-hydrogen) atoms. The number of hydrogen-bond acceptors (Lipinski definition) is 6. The van der Waals surface area contributed by atoms with Gasteiger partial charge in [-0.25, -0.2) is 0 Å². The summed E-state index contributed by atoms with van der Waals surface area (Å²) < 4.78 is 16.0. The van der Waals surface area contributed by atoms with Gasteiger partial charge in [0, 0.05) is 12.1 Å². The highest BCUT2D eigenvalue weighted by Gasteiger charge is 2.35. The Hall–Kier alpha value is -1.89. The molecule has 1 fully saturated rings. The fourth-order valence-corrected chi connectivity index (χ4v) is 3.82. The van der Waals surface area contributed by atoms with Crippen LogP contribution in [0.15, 0.2) is 18.2 Å². The Kier molecular flexibility index (Phi) is 6.21. The number of carbonyl (C=O) groups is 2. The Morgan fingerprint density at radius 3 is 2.60 bits per heavy atom. The minimum absolute atomic E-state index is 0.00318. The van der Waals surface area contributed by atoms with Crippen molar-refractivity contribution in [3.8, 4) is 11.5 Å². The molecule has 7 heteroatoms. The van der Waals surface area contributed by atoms with Gasteiger partial charge in [0.25, 0.3) is 0 Å². The van der Waals surface area contributed by atoms with E-state index >= 15 is 0 Å². The van der Waals surface area contributed by atoms with E-state index in [1.54, 1.807) is 19.1 Å². The molecular weight excluding hydrogens is 342 g/mol. The lowest BCUT2D eigenvalue weighted by molar-refractivity contribution is -0.155. The van der Waals surface area contributed by atoms with E-state index in [1.807, 2.05) is 39.0 Å². The summed E-state index contributed by atoms with van der Waals surface area (Å²) in [5.74, 6) is 1.45. The molecule has 1 aliphatic rings. The summed E-state index contributed by atoms with van der Waals surface area (Å²) >= 11 is 1.51. The molecule has 138 valence electrons. The highest BCUT2D eigenvalue weighted by molar-refractivity contribution is 8.00. The molecule has 1 aliphatic heterocycles. The third-order valence-corrected chi connectivity index (χ3v) is 4.89. The molecule has 0 spiro atoms. The minimum atomic E-state index is -0.531. The number of carbonyl (C=O) groups excluding carboxylic acids is 2. The first kappa shape index (κ1) is 19.4. The Labute approximate surface area is 152 Å². The third kappa shape index (κ3) is 5.04. The second-order valence-electron chi connectivity index (χ2n) is 6.69. The van der Waals surface area contributed by atoms with Crippen molar-refractivity contribution < 1.29 is 23.8 Å². The largest absolute Gasteiger partial charge is 0.497 e. The smallest absolute Gasteiger partial charge is 0.308 e. The predicted molar refractivity (Wildman–Crippen MR) is 96.9 cm³/mol. The first-order chi connectivity index (χ1) is 11.7. The van der Waals surface area contributed by atoms with Gasteiger partial charge in [0.05, 0.1) is 26.4 Å². The summed E-state index contributed by atoms with van der Waals surface area (Å²) in [4.78, 5) is 26.0. The number of thioether (sulfide) groups is 1. The van der Waals surface area contributed by atoms with E-state index in [4.69, 9.17) is 14.2 Å². The number of ether oxygens (including phenoxy) is 3. The van der Waals surface area contributed by atoms with Crippen molar-refractivity contribution in [1.82, 2.24) is 4.90 Å². The molecule has 6 nitrogen and oxygen atoms in total. The van der Waals surface area contributed by atoms with Crippen LogP contribution in [0.5, 0.6) is 11.5 Å². The maximum Gasteiger partial charge on any atom is 0.308 e. The molecule has 0 radical (unpaired) electrons. The fourth-order valence-electron chi connectivity index (χ4n) is 2.59. The number of hydrogen-bond donors (Lipinski definition) is 0. The number of benzene rings is 1. The van der Waals surface area contributed by atoms with Gasteiger partial charge in [-0.2, -0.15) is 0 Å². The van der Waals surface area contributed by atoms with Crippen LogP contribution in [0.1, 0.15) is 38.1 Å². The zero-order chi connectivity index (χ0) is 18.6. The number of methoxy groups -OCH3 is 2. The second-order valence-corrected chi connectivity index (χ2v) is 7.76. The molecule has 1 saturated heterocycles. The van der Waals surface area contributed by atoms with Gasteiger partial charge in [-0.05, 0) is 39.0 Å². The van der Waals surface area contributed by atoms with Crippen molar-refractivity contribution in [3.05, 3.63) is 23.8 Å². The van der Waals surface area contributed by atoms with E-state index in [1.165, 1.54) is 11.8 Å². The van der Waals surface area contributed by atoms with Gasteiger partial charge < -0.3 is 19.1 Å².